The molecule has 1 aliphatic heterocycles. The summed E-state index contributed by atoms with van der Waals surface area (Å²) in [6, 6.07) is 12.3. The summed E-state index contributed by atoms with van der Waals surface area (Å²) in [6.07, 6.45) is 0.388. The fraction of sp³-hybridized carbons (Fsp3) is 0.280. The van der Waals surface area contributed by atoms with Gasteiger partial charge in [0.1, 0.15) is 5.82 Å². The SMILES string of the molecule is O=C(NN1CCOCC1)c1nc(-c2ccc(Cl)cc2Cl)n(-c2ccc(C#CCCO)cc2)c1CO. The van der Waals surface area contributed by atoms with Crippen LogP contribution in [-0.2, 0) is 11.3 Å². The quantitative estimate of drug-likeness (QED) is 0.437. The van der Waals surface area contributed by atoms with Gasteiger partial charge in [-0.2, -0.15) is 0 Å². The number of aromatic nitrogens is 2. The van der Waals surface area contributed by atoms with Crippen LogP contribution in [0.25, 0.3) is 17.1 Å². The first-order chi connectivity index (χ1) is 17.0. The molecule has 3 N–H and O–H groups in total. The van der Waals surface area contributed by atoms with Crippen molar-refractivity contribution < 1.29 is 19.7 Å². The van der Waals surface area contributed by atoms with Crippen LogP contribution in [0.5, 0.6) is 0 Å². The molecule has 2 aromatic carbocycles. The van der Waals surface area contributed by atoms with Gasteiger partial charge >= 0.3 is 0 Å². The summed E-state index contributed by atoms with van der Waals surface area (Å²) in [4.78, 5) is 17.8. The lowest BCUT2D eigenvalue weighted by Crippen LogP contribution is -2.48. The van der Waals surface area contributed by atoms with Gasteiger partial charge in [-0.1, -0.05) is 35.0 Å². The highest BCUT2D eigenvalue weighted by atomic mass is 35.5. The van der Waals surface area contributed by atoms with E-state index in [1.807, 2.05) is 24.3 Å². The second kappa shape index (κ2) is 11.7. The molecule has 8 nitrogen and oxygen atoms in total. The first-order valence-corrected chi connectivity index (χ1v) is 11.8. The Kier molecular flexibility index (Phi) is 8.42. The molecule has 0 saturated carbocycles. The number of rotatable bonds is 6. The summed E-state index contributed by atoms with van der Waals surface area (Å²) in [5.74, 6) is 5.82. The third-order valence-electron chi connectivity index (χ3n) is 5.38. The maximum atomic E-state index is 13.2. The minimum Gasteiger partial charge on any atom is -0.395 e. The van der Waals surface area contributed by atoms with E-state index in [0.29, 0.717) is 65.5 Å². The molecular formula is C25H24Cl2N4O4. The predicted octanol–water partition coefficient (Wildman–Crippen LogP) is 3.05. The van der Waals surface area contributed by atoms with Crippen LogP contribution < -0.4 is 5.43 Å². The van der Waals surface area contributed by atoms with Crippen molar-refractivity contribution in [2.24, 2.45) is 0 Å². The Labute approximate surface area is 213 Å². The van der Waals surface area contributed by atoms with Gasteiger partial charge in [-0.15, -0.1) is 0 Å². The lowest BCUT2D eigenvalue weighted by atomic mass is 10.1. The Morgan fingerprint density at radius 2 is 1.86 bits per heavy atom. The summed E-state index contributed by atoms with van der Waals surface area (Å²) in [5, 5.41) is 21.8. The first-order valence-electron chi connectivity index (χ1n) is 11.0. The zero-order valence-corrected chi connectivity index (χ0v) is 20.3. The van der Waals surface area contributed by atoms with E-state index < -0.39 is 12.5 Å². The number of hydrogen-bond acceptors (Lipinski definition) is 6. The predicted molar refractivity (Wildman–Crippen MR) is 133 cm³/mol. The number of benzene rings is 2. The summed E-state index contributed by atoms with van der Waals surface area (Å²) in [5.41, 5.74) is 5.25. The van der Waals surface area contributed by atoms with Crippen molar-refractivity contribution in [2.75, 3.05) is 32.9 Å². The number of amides is 1. The normalized spacial score (nSPS) is 13.8. The van der Waals surface area contributed by atoms with Crippen molar-refractivity contribution in [1.82, 2.24) is 20.0 Å². The summed E-state index contributed by atoms with van der Waals surface area (Å²) < 4.78 is 7.04. The highest BCUT2D eigenvalue weighted by molar-refractivity contribution is 6.36. The smallest absolute Gasteiger partial charge is 0.286 e. The van der Waals surface area contributed by atoms with Crippen molar-refractivity contribution in [3.05, 3.63) is 69.5 Å². The molecule has 1 saturated heterocycles. The molecule has 3 aromatic rings. The first kappa shape index (κ1) is 25.2. The Bertz CT molecular complexity index is 1260. The molecule has 0 spiro atoms. The Morgan fingerprint density at radius 1 is 1.11 bits per heavy atom. The standard InChI is InChI=1S/C25H24Cl2N4O4/c26-18-6-9-20(21(27)15-18)24-28-23(25(34)29-30-10-13-35-14-11-30)22(16-33)31(24)19-7-4-17(5-8-19)3-1-2-12-32/h4-9,15,32-33H,2,10-14,16H2,(H,29,34). The minimum absolute atomic E-state index is 0.000482. The number of halogens is 2. The molecule has 182 valence electrons. The molecule has 0 bridgehead atoms. The second-order valence-electron chi connectivity index (χ2n) is 7.71. The zero-order valence-electron chi connectivity index (χ0n) is 18.8. The van der Waals surface area contributed by atoms with Crippen LogP contribution in [0.15, 0.2) is 42.5 Å². The number of morpholine rings is 1. The van der Waals surface area contributed by atoms with Gasteiger partial charge in [-0.05, 0) is 42.5 Å². The molecule has 1 aromatic heterocycles. The summed E-state index contributed by atoms with van der Waals surface area (Å²) in [6.45, 7) is 1.70. The molecule has 2 heterocycles. The maximum Gasteiger partial charge on any atom is 0.286 e. The number of imidazole rings is 1. The Balaban J connectivity index is 1.80. The van der Waals surface area contributed by atoms with Crippen LogP contribution >= 0.6 is 23.2 Å². The molecule has 35 heavy (non-hydrogen) atoms. The molecule has 1 aliphatic rings. The number of hydrazine groups is 1. The van der Waals surface area contributed by atoms with Gasteiger partial charge < -0.3 is 14.9 Å². The van der Waals surface area contributed by atoms with Crippen LogP contribution in [-0.4, -0.2) is 63.6 Å². The number of carbonyl (C=O) groups excluding carboxylic acids is 1. The maximum absolute atomic E-state index is 13.2. The van der Waals surface area contributed by atoms with Crippen molar-refractivity contribution in [3.63, 3.8) is 0 Å². The number of nitrogens with zero attached hydrogens (tertiary/aromatic N) is 3. The van der Waals surface area contributed by atoms with E-state index in [-0.39, 0.29) is 12.3 Å². The summed E-state index contributed by atoms with van der Waals surface area (Å²) in [7, 11) is 0. The van der Waals surface area contributed by atoms with Gasteiger partial charge in [0, 0.05) is 41.3 Å². The molecule has 1 amide bonds. The zero-order chi connectivity index (χ0) is 24.8. The third kappa shape index (κ3) is 5.85. The lowest BCUT2D eigenvalue weighted by molar-refractivity contribution is 0.0124. The molecule has 4 rings (SSSR count). The van der Waals surface area contributed by atoms with E-state index in [4.69, 9.17) is 33.0 Å². The molecule has 0 aliphatic carbocycles. The van der Waals surface area contributed by atoms with Crippen LogP contribution in [0.2, 0.25) is 10.0 Å². The average molecular weight is 515 g/mol. The van der Waals surface area contributed by atoms with Gasteiger partial charge in [0.2, 0.25) is 0 Å². The summed E-state index contributed by atoms with van der Waals surface area (Å²) >= 11 is 12.6. The van der Waals surface area contributed by atoms with Gasteiger partial charge in [-0.3, -0.25) is 14.8 Å². The van der Waals surface area contributed by atoms with Gasteiger partial charge in [0.25, 0.3) is 5.91 Å². The minimum atomic E-state index is -0.437. The largest absolute Gasteiger partial charge is 0.395 e. The Hall–Kier alpha value is -2.90. The second-order valence-corrected chi connectivity index (χ2v) is 8.55. The Morgan fingerprint density at radius 3 is 2.51 bits per heavy atom. The molecule has 1 fully saturated rings. The van der Waals surface area contributed by atoms with E-state index >= 15 is 0 Å². The highest BCUT2D eigenvalue weighted by Crippen LogP contribution is 2.33. The van der Waals surface area contributed by atoms with Crippen molar-refractivity contribution >= 4 is 29.1 Å². The van der Waals surface area contributed by atoms with Crippen LogP contribution in [0.1, 0.15) is 28.2 Å². The highest BCUT2D eigenvalue weighted by Gasteiger charge is 2.26. The number of aliphatic hydroxyl groups is 2. The van der Waals surface area contributed by atoms with Crippen molar-refractivity contribution in [1.29, 1.82) is 0 Å². The topological polar surface area (TPSA) is 99.9 Å². The average Bonchev–Trinajstić information content (AvgIpc) is 3.25. The van der Waals surface area contributed by atoms with Crippen LogP contribution in [0, 0.1) is 11.8 Å². The van der Waals surface area contributed by atoms with E-state index in [1.54, 1.807) is 27.8 Å². The third-order valence-corrected chi connectivity index (χ3v) is 5.92. The molecular weight excluding hydrogens is 491 g/mol. The van der Waals surface area contributed by atoms with Gasteiger partial charge in [0.15, 0.2) is 5.69 Å². The number of nitrogens with one attached hydrogen (secondary N) is 1. The van der Waals surface area contributed by atoms with E-state index in [2.05, 4.69) is 22.3 Å². The van der Waals surface area contributed by atoms with Crippen LogP contribution in [0.4, 0.5) is 0 Å². The fourth-order valence-electron chi connectivity index (χ4n) is 3.70. The number of carbonyl (C=O) groups is 1. The van der Waals surface area contributed by atoms with E-state index in [9.17, 15) is 9.90 Å². The number of ether oxygens (including phenoxy) is 1. The number of hydrogen-bond donors (Lipinski definition) is 3. The van der Waals surface area contributed by atoms with Crippen molar-refractivity contribution in [3.8, 4) is 28.9 Å². The molecule has 0 radical (unpaired) electrons. The van der Waals surface area contributed by atoms with Gasteiger partial charge in [-0.25, -0.2) is 9.99 Å². The van der Waals surface area contributed by atoms with Gasteiger partial charge in [0.05, 0.1) is 37.1 Å². The van der Waals surface area contributed by atoms with E-state index in [1.165, 1.54) is 0 Å². The van der Waals surface area contributed by atoms with Crippen LogP contribution in [0.3, 0.4) is 0 Å². The lowest BCUT2D eigenvalue weighted by Gasteiger charge is -2.26. The van der Waals surface area contributed by atoms with E-state index in [0.717, 1.165) is 5.56 Å². The molecule has 0 unspecified atom stereocenters. The van der Waals surface area contributed by atoms with Crippen molar-refractivity contribution in [2.45, 2.75) is 13.0 Å². The fourth-order valence-corrected chi connectivity index (χ4v) is 4.19. The molecule has 10 heteroatoms. The monoisotopic (exact) mass is 514 g/mol. The molecule has 0 atom stereocenters. The number of aliphatic hydroxyl groups excluding tert-OH is 2.